The van der Waals surface area contributed by atoms with Crippen LogP contribution in [0.1, 0.15) is 11.4 Å². The third-order valence-corrected chi connectivity index (χ3v) is 2.77. The number of aromatic nitrogens is 2. The molecule has 0 atom stereocenters. The molecule has 2 rings (SSSR count). The van der Waals surface area contributed by atoms with Crippen LogP contribution in [-0.4, -0.2) is 17.0 Å². The fourth-order valence-electron chi connectivity index (χ4n) is 1.77. The molecule has 0 fully saturated rings. The number of nitrogens with two attached hydrogens (primary N) is 1. The van der Waals surface area contributed by atoms with Crippen molar-refractivity contribution in [3.8, 4) is 0 Å². The first-order valence-corrected chi connectivity index (χ1v) is 6.08. The number of alkyl halides is 3. The lowest BCUT2D eigenvalue weighted by Gasteiger charge is -2.20. The summed E-state index contributed by atoms with van der Waals surface area (Å²) in [6.45, 7) is 0.416. The smallest absolute Gasteiger partial charge is 0.355 e. The molecule has 0 saturated heterocycles. The number of anilines is 2. The molecule has 0 saturated carbocycles. The summed E-state index contributed by atoms with van der Waals surface area (Å²) in [4.78, 5) is 8.45. The van der Waals surface area contributed by atoms with Crippen LogP contribution in [0.15, 0.2) is 36.4 Å². The van der Waals surface area contributed by atoms with Crippen LogP contribution in [0.2, 0.25) is 0 Å². The topological polar surface area (TPSA) is 67.1 Å². The van der Waals surface area contributed by atoms with Crippen LogP contribution in [0, 0.1) is 0 Å². The molecule has 1 heterocycles. The van der Waals surface area contributed by atoms with Crippen molar-refractivity contribution in [3.63, 3.8) is 0 Å². The summed E-state index contributed by atoms with van der Waals surface area (Å²) in [5.41, 5.74) is 3.07. The van der Waals surface area contributed by atoms with Crippen LogP contribution < -0.4 is 16.2 Å². The highest BCUT2D eigenvalue weighted by molar-refractivity contribution is 5.49. The number of nitrogens with one attached hydrogen (secondary N) is 1. The lowest BCUT2D eigenvalue weighted by atomic mass is 10.2. The van der Waals surface area contributed by atoms with Crippen molar-refractivity contribution in [3.05, 3.63) is 47.8 Å². The SMILES string of the molecule is CN(Cc1ccccc1)c1cc(NN)nc(C(F)(F)F)n1. The van der Waals surface area contributed by atoms with E-state index in [0.717, 1.165) is 5.56 Å². The van der Waals surface area contributed by atoms with Crippen molar-refractivity contribution in [2.24, 2.45) is 5.84 Å². The van der Waals surface area contributed by atoms with Crippen molar-refractivity contribution < 1.29 is 13.2 Å². The molecule has 112 valence electrons. The number of benzene rings is 1. The molecule has 0 bridgehead atoms. The summed E-state index contributed by atoms with van der Waals surface area (Å²) in [7, 11) is 1.65. The van der Waals surface area contributed by atoms with Crippen LogP contribution >= 0.6 is 0 Å². The number of hydrazine groups is 1. The maximum atomic E-state index is 12.8. The normalized spacial score (nSPS) is 11.3. The average molecular weight is 297 g/mol. The molecule has 0 aliphatic carbocycles. The van der Waals surface area contributed by atoms with E-state index < -0.39 is 12.0 Å². The lowest BCUT2D eigenvalue weighted by Crippen LogP contribution is -2.22. The molecule has 0 aliphatic rings. The quantitative estimate of drug-likeness (QED) is 0.670. The van der Waals surface area contributed by atoms with Crippen LogP contribution in [0.3, 0.4) is 0 Å². The van der Waals surface area contributed by atoms with Crippen LogP contribution in [-0.2, 0) is 12.7 Å². The maximum absolute atomic E-state index is 12.8. The van der Waals surface area contributed by atoms with E-state index in [-0.39, 0.29) is 11.6 Å². The third kappa shape index (κ3) is 3.82. The zero-order valence-electron chi connectivity index (χ0n) is 11.2. The molecular formula is C13H14F3N5. The van der Waals surface area contributed by atoms with E-state index in [1.165, 1.54) is 6.07 Å². The molecule has 0 spiro atoms. The summed E-state index contributed by atoms with van der Waals surface area (Å²) in [6.07, 6.45) is -4.63. The molecule has 1 aromatic carbocycles. The predicted molar refractivity (Wildman–Crippen MR) is 73.4 cm³/mol. The highest BCUT2D eigenvalue weighted by atomic mass is 19.4. The Morgan fingerprint density at radius 3 is 2.43 bits per heavy atom. The van der Waals surface area contributed by atoms with Gasteiger partial charge in [0.25, 0.3) is 0 Å². The number of hydrogen-bond acceptors (Lipinski definition) is 5. The van der Waals surface area contributed by atoms with Gasteiger partial charge in [-0.05, 0) is 5.56 Å². The van der Waals surface area contributed by atoms with Crippen molar-refractivity contribution >= 4 is 11.6 Å². The second kappa shape index (κ2) is 5.96. The van der Waals surface area contributed by atoms with E-state index in [1.54, 1.807) is 11.9 Å². The highest BCUT2D eigenvalue weighted by Crippen LogP contribution is 2.29. The summed E-state index contributed by atoms with van der Waals surface area (Å²) in [6, 6.07) is 10.7. The third-order valence-electron chi connectivity index (χ3n) is 2.77. The number of halogens is 3. The zero-order chi connectivity index (χ0) is 15.5. The van der Waals surface area contributed by atoms with Gasteiger partial charge in [-0.15, -0.1) is 0 Å². The molecule has 3 N–H and O–H groups in total. The van der Waals surface area contributed by atoms with Crippen LogP contribution in [0.4, 0.5) is 24.8 Å². The van der Waals surface area contributed by atoms with Gasteiger partial charge in [0.1, 0.15) is 11.6 Å². The van der Waals surface area contributed by atoms with Gasteiger partial charge in [0.05, 0.1) is 0 Å². The standard InChI is InChI=1S/C13H14F3N5/c1-21(8-9-5-3-2-4-6-9)11-7-10(20-17)18-12(19-11)13(14,15)16/h2-7H,8,17H2,1H3,(H,18,19,20). The Morgan fingerprint density at radius 2 is 1.86 bits per heavy atom. The molecule has 0 aliphatic heterocycles. The fraction of sp³-hybridized carbons (Fsp3) is 0.231. The first kappa shape index (κ1) is 15.0. The van der Waals surface area contributed by atoms with Gasteiger partial charge in [0, 0.05) is 19.7 Å². The van der Waals surface area contributed by atoms with Crippen LogP contribution in [0.5, 0.6) is 0 Å². The average Bonchev–Trinajstić information content (AvgIpc) is 2.46. The second-order valence-electron chi connectivity index (χ2n) is 4.42. The van der Waals surface area contributed by atoms with E-state index in [9.17, 15) is 13.2 Å². The first-order chi connectivity index (χ1) is 9.90. The Balaban J connectivity index is 2.30. The van der Waals surface area contributed by atoms with Gasteiger partial charge in [0.15, 0.2) is 0 Å². The zero-order valence-corrected chi connectivity index (χ0v) is 11.2. The van der Waals surface area contributed by atoms with Gasteiger partial charge in [-0.1, -0.05) is 30.3 Å². The number of hydrogen-bond donors (Lipinski definition) is 2. The molecule has 5 nitrogen and oxygen atoms in total. The predicted octanol–water partition coefficient (Wildman–Crippen LogP) is 2.42. The Morgan fingerprint density at radius 1 is 1.19 bits per heavy atom. The van der Waals surface area contributed by atoms with Gasteiger partial charge >= 0.3 is 6.18 Å². The number of nitrogen functional groups attached to an aromatic ring is 1. The molecule has 0 amide bonds. The molecule has 21 heavy (non-hydrogen) atoms. The first-order valence-electron chi connectivity index (χ1n) is 6.08. The molecule has 8 heteroatoms. The van der Waals surface area contributed by atoms with Gasteiger partial charge in [-0.25, -0.2) is 15.8 Å². The molecule has 2 aromatic rings. The maximum Gasteiger partial charge on any atom is 0.451 e. The minimum absolute atomic E-state index is 0.0905. The molecular weight excluding hydrogens is 283 g/mol. The fourth-order valence-corrected chi connectivity index (χ4v) is 1.77. The van der Waals surface area contributed by atoms with Crippen LogP contribution in [0.25, 0.3) is 0 Å². The second-order valence-corrected chi connectivity index (χ2v) is 4.42. The molecule has 0 radical (unpaired) electrons. The van der Waals surface area contributed by atoms with Crippen molar-refractivity contribution in [2.75, 3.05) is 17.4 Å². The molecule has 1 aromatic heterocycles. The van der Waals surface area contributed by atoms with Gasteiger partial charge < -0.3 is 10.3 Å². The minimum Gasteiger partial charge on any atom is -0.355 e. The van der Waals surface area contributed by atoms with Crippen molar-refractivity contribution in [1.29, 1.82) is 0 Å². The van der Waals surface area contributed by atoms with Gasteiger partial charge in [-0.2, -0.15) is 13.2 Å². The van der Waals surface area contributed by atoms with E-state index in [2.05, 4.69) is 15.4 Å². The summed E-state index contributed by atoms with van der Waals surface area (Å²) in [5, 5.41) is 0. The number of rotatable bonds is 4. The van der Waals surface area contributed by atoms with E-state index >= 15 is 0 Å². The van der Waals surface area contributed by atoms with E-state index in [1.807, 2.05) is 30.3 Å². The number of nitrogens with zero attached hydrogens (tertiary/aromatic N) is 3. The Kier molecular flexibility index (Phi) is 4.27. The Hall–Kier alpha value is -2.35. The van der Waals surface area contributed by atoms with Gasteiger partial charge in [0.2, 0.25) is 5.82 Å². The van der Waals surface area contributed by atoms with E-state index in [0.29, 0.717) is 6.54 Å². The summed E-state index contributed by atoms with van der Waals surface area (Å²) < 4.78 is 38.3. The van der Waals surface area contributed by atoms with Crippen molar-refractivity contribution in [1.82, 2.24) is 9.97 Å². The van der Waals surface area contributed by atoms with Gasteiger partial charge in [-0.3, -0.25) is 0 Å². The largest absolute Gasteiger partial charge is 0.451 e. The van der Waals surface area contributed by atoms with Crippen molar-refractivity contribution in [2.45, 2.75) is 12.7 Å². The molecule has 0 unspecified atom stereocenters. The summed E-state index contributed by atoms with van der Waals surface area (Å²) >= 11 is 0. The summed E-state index contributed by atoms with van der Waals surface area (Å²) in [5.74, 6) is 3.97. The highest BCUT2D eigenvalue weighted by Gasteiger charge is 2.35. The Labute approximate surface area is 119 Å². The lowest BCUT2D eigenvalue weighted by molar-refractivity contribution is -0.144. The van der Waals surface area contributed by atoms with E-state index in [4.69, 9.17) is 5.84 Å². The Bertz CT molecular complexity index is 601. The minimum atomic E-state index is -4.63. The monoisotopic (exact) mass is 297 g/mol.